The van der Waals surface area contributed by atoms with Gasteiger partial charge in [0.1, 0.15) is 0 Å². The smallest absolute Gasteiger partial charge is 0.302 e. The summed E-state index contributed by atoms with van der Waals surface area (Å²) >= 11 is 0. The zero-order chi connectivity index (χ0) is 25.0. The van der Waals surface area contributed by atoms with E-state index in [1.165, 1.54) is 0 Å². The van der Waals surface area contributed by atoms with E-state index in [0.717, 1.165) is 16.0 Å². The SMILES string of the molecule is O=C1c2ccccc2C(=O)N1C(c1ccccc1)P(=O)(OCc1ccccc1)OCc1ccccc1. The molecule has 0 radical (unpaired) electrons. The summed E-state index contributed by atoms with van der Waals surface area (Å²) in [5.74, 6) is -2.33. The monoisotopic (exact) mass is 497 g/mol. The molecule has 1 atom stereocenters. The van der Waals surface area contributed by atoms with E-state index in [2.05, 4.69) is 0 Å². The first-order chi connectivity index (χ1) is 17.6. The Balaban J connectivity index is 1.57. The van der Waals surface area contributed by atoms with Crippen LogP contribution in [0.4, 0.5) is 0 Å². The summed E-state index contributed by atoms with van der Waals surface area (Å²) in [5.41, 5.74) is 2.59. The maximum Gasteiger partial charge on any atom is 0.358 e. The fourth-order valence-electron chi connectivity index (χ4n) is 4.18. The van der Waals surface area contributed by atoms with Gasteiger partial charge < -0.3 is 9.05 Å². The van der Waals surface area contributed by atoms with Crippen LogP contribution in [0.15, 0.2) is 115 Å². The Labute approximate surface area is 209 Å². The van der Waals surface area contributed by atoms with Gasteiger partial charge in [-0.15, -0.1) is 0 Å². The first kappa shape index (κ1) is 23.9. The standard InChI is InChI=1S/C29H24NO5P/c31-27-25-18-10-11-19-26(25)28(32)30(27)29(24-16-8-3-9-17-24)36(33,34-20-22-12-4-1-5-13-22)35-21-23-14-6-2-7-15-23/h1-19,29H,20-21H2. The highest BCUT2D eigenvalue weighted by molar-refractivity contribution is 7.54. The molecule has 7 heteroatoms. The largest absolute Gasteiger partial charge is 0.358 e. The van der Waals surface area contributed by atoms with Crippen molar-refractivity contribution in [3.05, 3.63) is 143 Å². The lowest BCUT2D eigenvalue weighted by molar-refractivity contribution is 0.0590. The van der Waals surface area contributed by atoms with Crippen molar-refractivity contribution in [2.45, 2.75) is 19.0 Å². The number of fused-ring (bicyclic) bond motifs is 1. The van der Waals surface area contributed by atoms with Gasteiger partial charge in [-0.2, -0.15) is 0 Å². The van der Waals surface area contributed by atoms with Crippen LogP contribution in [0.3, 0.4) is 0 Å². The van der Waals surface area contributed by atoms with Crippen LogP contribution >= 0.6 is 7.60 Å². The number of imide groups is 1. The number of carbonyl (C=O) groups is 2. The number of nitrogens with zero attached hydrogens (tertiary/aromatic N) is 1. The second kappa shape index (κ2) is 10.4. The lowest BCUT2D eigenvalue weighted by atomic mass is 10.1. The molecule has 0 spiro atoms. The Morgan fingerprint density at radius 1 is 0.583 bits per heavy atom. The maximum atomic E-state index is 14.7. The number of amides is 2. The van der Waals surface area contributed by atoms with Crippen molar-refractivity contribution >= 4 is 19.4 Å². The molecule has 1 aliphatic rings. The van der Waals surface area contributed by atoms with Crippen molar-refractivity contribution in [2.75, 3.05) is 0 Å². The third-order valence-corrected chi connectivity index (χ3v) is 8.08. The fourth-order valence-corrected chi connectivity index (χ4v) is 6.23. The molecular weight excluding hydrogens is 473 g/mol. The van der Waals surface area contributed by atoms with Gasteiger partial charge >= 0.3 is 7.60 Å². The van der Waals surface area contributed by atoms with Crippen LogP contribution in [0.5, 0.6) is 0 Å². The van der Waals surface area contributed by atoms with Crippen LogP contribution in [-0.4, -0.2) is 16.7 Å². The molecule has 4 aromatic rings. The van der Waals surface area contributed by atoms with Gasteiger partial charge in [-0.1, -0.05) is 103 Å². The van der Waals surface area contributed by atoms with E-state index < -0.39 is 25.2 Å². The molecule has 180 valence electrons. The van der Waals surface area contributed by atoms with Gasteiger partial charge in [-0.25, -0.2) is 0 Å². The number of hydrogen-bond acceptors (Lipinski definition) is 5. The molecule has 36 heavy (non-hydrogen) atoms. The van der Waals surface area contributed by atoms with E-state index in [1.807, 2.05) is 66.7 Å². The number of hydrogen-bond donors (Lipinski definition) is 0. The van der Waals surface area contributed by atoms with E-state index >= 15 is 0 Å². The van der Waals surface area contributed by atoms with Crippen LogP contribution in [0.1, 0.15) is 43.2 Å². The van der Waals surface area contributed by atoms with Gasteiger partial charge in [0.05, 0.1) is 24.3 Å². The zero-order valence-corrected chi connectivity index (χ0v) is 20.3. The van der Waals surface area contributed by atoms with Crippen LogP contribution in [0, 0.1) is 0 Å². The third kappa shape index (κ3) is 4.79. The molecule has 0 fully saturated rings. The van der Waals surface area contributed by atoms with Crippen LogP contribution in [0.2, 0.25) is 0 Å². The highest BCUT2D eigenvalue weighted by Crippen LogP contribution is 2.64. The van der Waals surface area contributed by atoms with E-state index in [0.29, 0.717) is 5.56 Å². The molecule has 1 heterocycles. The number of benzene rings is 4. The van der Waals surface area contributed by atoms with E-state index in [1.54, 1.807) is 48.5 Å². The minimum Gasteiger partial charge on any atom is -0.302 e. The van der Waals surface area contributed by atoms with Gasteiger partial charge in [0.25, 0.3) is 11.8 Å². The Bertz CT molecular complexity index is 1330. The first-order valence-corrected chi connectivity index (χ1v) is 13.2. The second-order valence-corrected chi connectivity index (χ2v) is 10.5. The van der Waals surface area contributed by atoms with Gasteiger partial charge in [0, 0.05) is 0 Å². The predicted octanol–water partition coefficient (Wildman–Crippen LogP) is 6.61. The first-order valence-electron chi connectivity index (χ1n) is 11.6. The minimum atomic E-state index is -4.15. The van der Waals surface area contributed by atoms with Gasteiger partial charge in [-0.05, 0) is 28.8 Å². The van der Waals surface area contributed by atoms with Gasteiger partial charge in [0.15, 0.2) is 5.78 Å². The molecule has 0 aliphatic carbocycles. The third-order valence-electron chi connectivity index (χ3n) is 5.98. The normalized spacial score (nSPS) is 14.1. The van der Waals surface area contributed by atoms with Crippen molar-refractivity contribution in [3.8, 4) is 0 Å². The van der Waals surface area contributed by atoms with Crippen molar-refractivity contribution in [2.24, 2.45) is 0 Å². The zero-order valence-electron chi connectivity index (χ0n) is 19.4. The van der Waals surface area contributed by atoms with Gasteiger partial charge in [0.2, 0.25) is 0 Å². The minimum absolute atomic E-state index is 0.0145. The van der Waals surface area contributed by atoms with Crippen molar-refractivity contribution < 1.29 is 23.2 Å². The summed E-state index contributed by atoms with van der Waals surface area (Å²) in [7, 11) is -4.15. The molecule has 0 saturated heterocycles. The Kier molecular flexibility index (Phi) is 6.92. The Hall–Kier alpha value is -3.83. The Morgan fingerprint density at radius 3 is 1.42 bits per heavy atom. The summed E-state index contributed by atoms with van der Waals surface area (Å²) in [6.45, 7) is -0.0289. The lowest BCUT2D eigenvalue weighted by Crippen LogP contribution is -2.35. The summed E-state index contributed by atoms with van der Waals surface area (Å²) < 4.78 is 26.8. The van der Waals surface area contributed by atoms with E-state index in [9.17, 15) is 14.2 Å². The Morgan fingerprint density at radius 2 is 0.972 bits per heavy atom. The molecule has 1 unspecified atom stereocenters. The van der Waals surface area contributed by atoms with Crippen LogP contribution in [0.25, 0.3) is 0 Å². The molecule has 0 aromatic heterocycles. The highest BCUT2D eigenvalue weighted by atomic mass is 31.2. The molecular formula is C29H24NO5P. The molecule has 1 aliphatic heterocycles. The molecule has 0 bridgehead atoms. The second-order valence-electron chi connectivity index (χ2n) is 8.37. The van der Waals surface area contributed by atoms with E-state index in [-0.39, 0.29) is 24.3 Å². The number of rotatable bonds is 9. The fraction of sp³-hybridized carbons (Fsp3) is 0.103. The van der Waals surface area contributed by atoms with E-state index in [4.69, 9.17) is 9.05 Å². The molecule has 4 aromatic carbocycles. The summed E-state index contributed by atoms with van der Waals surface area (Å²) in [4.78, 5) is 28.0. The van der Waals surface area contributed by atoms with Crippen LogP contribution in [-0.2, 0) is 26.8 Å². The quantitative estimate of drug-likeness (QED) is 0.192. The van der Waals surface area contributed by atoms with Crippen molar-refractivity contribution in [1.29, 1.82) is 0 Å². The molecule has 0 saturated carbocycles. The van der Waals surface area contributed by atoms with Crippen LogP contribution < -0.4 is 0 Å². The van der Waals surface area contributed by atoms with Gasteiger partial charge in [-0.3, -0.25) is 19.1 Å². The average Bonchev–Trinajstić information content (AvgIpc) is 3.18. The molecule has 2 amide bonds. The van der Waals surface area contributed by atoms with Crippen molar-refractivity contribution in [3.63, 3.8) is 0 Å². The molecule has 6 nitrogen and oxygen atoms in total. The number of carbonyl (C=O) groups excluding carboxylic acids is 2. The topological polar surface area (TPSA) is 72.9 Å². The predicted molar refractivity (Wildman–Crippen MR) is 136 cm³/mol. The lowest BCUT2D eigenvalue weighted by Gasteiger charge is -2.32. The molecule has 0 N–H and O–H groups in total. The molecule has 5 rings (SSSR count). The average molecular weight is 497 g/mol. The summed E-state index contributed by atoms with van der Waals surface area (Å²) in [6, 6.07) is 33.9. The van der Waals surface area contributed by atoms with Crippen molar-refractivity contribution in [1.82, 2.24) is 4.90 Å². The summed E-state index contributed by atoms with van der Waals surface area (Å²) in [5, 5.41) is 0. The summed E-state index contributed by atoms with van der Waals surface area (Å²) in [6.07, 6.45) is 0. The maximum absolute atomic E-state index is 14.7. The highest BCUT2D eigenvalue weighted by Gasteiger charge is 2.50.